The predicted octanol–water partition coefficient (Wildman–Crippen LogP) is 1.37. The fraction of sp³-hybridized carbons (Fsp3) is 0. The molecule has 0 heterocycles. The van der Waals surface area contributed by atoms with E-state index in [9.17, 15) is 20.2 Å². The molecular weight excluding hydrogens is 190 g/mol. The number of benzene rings is 1. The molecule has 14 heavy (non-hydrogen) atoms. The average molecular weight is 193 g/mol. The van der Waals surface area contributed by atoms with Gasteiger partial charge in [0.25, 0.3) is 11.4 Å². The fourth-order valence-electron chi connectivity index (χ4n) is 0.886. The molecule has 0 amide bonds. The quantitative estimate of drug-likeness (QED) is 0.520. The summed E-state index contributed by atoms with van der Waals surface area (Å²) >= 11 is 0. The standard InChI is InChI=1S/C7H3N3O4/c8-4-5-3-6(9(11)12)1-2-7(5)10(13)14/h1-3H. The van der Waals surface area contributed by atoms with Crippen LogP contribution in [0.5, 0.6) is 0 Å². The Balaban J connectivity index is 3.34. The minimum Gasteiger partial charge on any atom is -0.258 e. The number of hydrogen-bond acceptors (Lipinski definition) is 5. The summed E-state index contributed by atoms with van der Waals surface area (Å²) in [6, 6.07) is 4.33. The molecule has 0 aromatic heterocycles. The van der Waals surface area contributed by atoms with Gasteiger partial charge < -0.3 is 0 Å². The van der Waals surface area contributed by atoms with E-state index in [-0.39, 0.29) is 11.3 Å². The number of hydrogen-bond donors (Lipinski definition) is 0. The maximum atomic E-state index is 10.3. The molecule has 0 unspecified atom stereocenters. The Morgan fingerprint density at radius 3 is 2.29 bits per heavy atom. The monoisotopic (exact) mass is 193 g/mol. The van der Waals surface area contributed by atoms with Crippen LogP contribution in [0.3, 0.4) is 0 Å². The summed E-state index contributed by atoms with van der Waals surface area (Å²) < 4.78 is 0. The predicted molar refractivity (Wildman–Crippen MR) is 44.5 cm³/mol. The molecule has 1 rings (SSSR count). The van der Waals surface area contributed by atoms with Crippen molar-refractivity contribution in [3.8, 4) is 6.07 Å². The van der Waals surface area contributed by atoms with Gasteiger partial charge in [-0.25, -0.2) is 0 Å². The molecule has 7 nitrogen and oxygen atoms in total. The third kappa shape index (κ3) is 1.64. The highest BCUT2D eigenvalue weighted by molar-refractivity contribution is 5.54. The topological polar surface area (TPSA) is 110 Å². The van der Waals surface area contributed by atoms with Gasteiger partial charge in [-0.2, -0.15) is 5.26 Å². The lowest BCUT2D eigenvalue weighted by Crippen LogP contribution is -1.94. The summed E-state index contributed by atoms with van der Waals surface area (Å²) in [5, 5.41) is 29.1. The largest absolute Gasteiger partial charge is 0.287 e. The fourth-order valence-corrected chi connectivity index (χ4v) is 0.886. The molecule has 1 aromatic rings. The Kier molecular flexibility index (Phi) is 2.39. The molecule has 0 atom stereocenters. The van der Waals surface area contributed by atoms with Gasteiger partial charge in [0.05, 0.1) is 9.85 Å². The lowest BCUT2D eigenvalue weighted by molar-refractivity contribution is -0.389. The normalized spacial score (nSPS) is 9.07. The first-order chi connectivity index (χ1) is 6.56. The summed E-state index contributed by atoms with van der Waals surface area (Å²) in [5.74, 6) is 0. The van der Waals surface area contributed by atoms with E-state index in [1.807, 2.05) is 0 Å². The number of nitriles is 1. The lowest BCUT2D eigenvalue weighted by atomic mass is 10.2. The SMILES string of the molecule is N#Cc1cc([N+](=O)[O-])ccc1[N+](=O)[O-]. The Morgan fingerprint density at radius 2 is 1.86 bits per heavy atom. The molecule has 0 aliphatic heterocycles. The van der Waals surface area contributed by atoms with Crippen molar-refractivity contribution in [1.82, 2.24) is 0 Å². The van der Waals surface area contributed by atoms with Crippen LogP contribution in [0, 0.1) is 31.6 Å². The molecule has 0 saturated carbocycles. The maximum Gasteiger partial charge on any atom is 0.287 e. The Hall–Kier alpha value is -2.49. The molecule has 0 saturated heterocycles. The Morgan fingerprint density at radius 1 is 1.21 bits per heavy atom. The zero-order valence-electron chi connectivity index (χ0n) is 6.71. The van der Waals surface area contributed by atoms with Crippen molar-refractivity contribution in [2.45, 2.75) is 0 Å². The van der Waals surface area contributed by atoms with Crippen molar-refractivity contribution in [1.29, 1.82) is 5.26 Å². The number of non-ortho nitro benzene ring substituents is 1. The summed E-state index contributed by atoms with van der Waals surface area (Å²) in [5.41, 5.74) is -1.09. The van der Waals surface area contributed by atoms with Crippen molar-refractivity contribution in [3.63, 3.8) is 0 Å². The van der Waals surface area contributed by atoms with Crippen LogP contribution < -0.4 is 0 Å². The highest BCUT2D eigenvalue weighted by atomic mass is 16.6. The molecule has 0 aliphatic rings. The smallest absolute Gasteiger partial charge is 0.258 e. The summed E-state index contributed by atoms with van der Waals surface area (Å²) in [6.07, 6.45) is 0. The number of rotatable bonds is 2. The first-order valence-corrected chi connectivity index (χ1v) is 3.39. The van der Waals surface area contributed by atoms with E-state index in [1.165, 1.54) is 6.07 Å². The number of nitro benzene ring substituents is 2. The third-order valence-corrected chi connectivity index (χ3v) is 1.51. The number of nitro groups is 2. The number of nitrogens with zero attached hydrogens (tertiary/aromatic N) is 3. The zero-order chi connectivity index (χ0) is 10.7. The van der Waals surface area contributed by atoms with Crippen LogP contribution in [-0.4, -0.2) is 9.85 Å². The highest BCUT2D eigenvalue weighted by Crippen LogP contribution is 2.22. The van der Waals surface area contributed by atoms with E-state index in [1.54, 1.807) is 0 Å². The van der Waals surface area contributed by atoms with Gasteiger partial charge in [0.2, 0.25) is 0 Å². The van der Waals surface area contributed by atoms with Gasteiger partial charge in [-0.1, -0.05) is 0 Å². The van der Waals surface area contributed by atoms with Gasteiger partial charge in [-0.3, -0.25) is 20.2 Å². The average Bonchev–Trinajstić information content (AvgIpc) is 2.16. The summed E-state index contributed by atoms with van der Waals surface area (Å²) in [6.45, 7) is 0. The highest BCUT2D eigenvalue weighted by Gasteiger charge is 2.17. The molecule has 0 fully saturated rings. The van der Waals surface area contributed by atoms with E-state index >= 15 is 0 Å². The van der Waals surface area contributed by atoms with E-state index < -0.39 is 15.5 Å². The van der Waals surface area contributed by atoms with Crippen molar-refractivity contribution >= 4 is 11.4 Å². The molecule has 70 valence electrons. The minimum absolute atomic E-state index is 0.316. The van der Waals surface area contributed by atoms with Gasteiger partial charge >= 0.3 is 0 Å². The maximum absolute atomic E-state index is 10.3. The molecule has 7 heteroatoms. The van der Waals surface area contributed by atoms with E-state index in [2.05, 4.69) is 0 Å². The first kappa shape index (κ1) is 9.60. The molecule has 1 aromatic carbocycles. The zero-order valence-corrected chi connectivity index (χ0v) is 6.71. The van der Waals surface area contributed by atoms with Crippen molar-refractivity contribution < 1.29 is 9.85 Å². The van der Waals surface area contributed by atoms with Crippen molar-refractivity contribution in [3.05, 3.63) is 44.0 Å². The molecule has 0 spiro atoms. The molecule has 0 aliphatic carbocycles. The van der Waals surface area contributed by atoms with Crippen LogP contribution in [0.1, 0.15) is 5.56 Å². The summed E-state index contributed by atoms with van der Waals surface area (Å²) in [4.78, 5) is 19.1. The van der Waals surface area contributed by atoms with E-state index in [4.69, 9.17) is 5.26 Å². The van der Waals surface area contributed by atoms with E-state index in [0.717, 1.165) is 18.2 Å². The second-order valence-electron chi connectivity index (χ2n) is 2.33. The second-order valence-corrected chi connectivity index (χ2v) is 2.33. The van der Waals surface area contributed by atoms with Crippen LogP contribution >= 0.6 is 0 Å². The van der Waals surface area contributed by atoms with E-state index in [0.29, 0.717) is 0 Å². The van der Waals surface area contributed by atoms with Gasteiger partial charge in [0.1, 0.15) is 11.6 Å². The Bertz CT molecular complexity index is 449. The summed E-state index contributed by atoms with van der Waals surface area (Å²) in [7, 11) is 0. The lowest BCUT2D eigenvalue weighted by Gasteiger charge is -1.94. The second kappa shape index (κ2) is 3.49. The van der Waals surface area contributed by atoms with Crippen LogP contribution in [0.4, 0.5) is 11.4 Å². The first-order valence-electron chi connectivity index (χ1n) is 3.39. The van der Waals surface area contributed by atoms with Crippen molar-refractivity contribution in [2.75, 3.05) is 0 Å². The minimum atomic E-state index is -0.762. The van der Waals surface area contributed by atoms with Crippen LogP contribution in [-0.2, 0) is 0 Å². The van der Waals surface area contributed by atoms with Crippen LogP contribution in [0.15, 0.2) is 18.2 Å². The van der Waals surface area contributed by atoms with Crippen molar-refractivity contribution in [2.24, 2.45) is 0 Å². The van der Waals surface area contributed by atoms with Crippen LogP contribution in [0.2, 0.25) is 0 Å². The van der Waals surface area contributed by atoms with Gasteiger partial charge in [-0.15, -0.1) is 0 Å². The molecule has 0 bridgehead atoms. The van der Waals surface area contributed by atoms with Gasteiger partial charge in [0, 0.05) is 18.2 Å². The Labute approximate surface area is 77.5 Å². The molecule has 0 radical (unpaired) electrons. The molecular formula is C7H3N3O4. The molecule has 0 N–H and O–H groups in total. The van der Waals surface area contributed by atoms with Gasteiger partial charge in [-0.05, 0) is 0 Å². The van der Waals surface area contributed by atoms with Gasteiger partial charge in [0.15, 0.2) is 0 Å². The van der Waals surface area contributed by atoms with Crippen LogP contribution in [0.25, 0.3) is 0 Å². The third-order valence-electron chi connectivity index (χ3n) is 1.51.